The van der Waals surface area contributed by atoms with Gasteiger partial charge in [-0.25, -0.2) is 13.3 Å². The molecule has 2 aromatic carbocycles. The summed E-state index contributed by atoms with van der Waals surface area (Å²) in [6.45, 7) is 1.91. The number of nitrogens with zero attached hydrogens (tertiary/aromatic N) is 2. The van der Waals surface area contributed by atoms with Crippen LogP contribution in [0, 0.1) is 18.2 Å². The zero-order valence-corrected chi connectivity index (χ0v) is 15.7. The van der Waals surface area contributed by atoms with Crippen molar-refractivity contribution in [3.63, 3.8) is 0 Å². The maximum absolute atomic E-state index is 13.4. The number of aryl methyl sites for hydroxylation is 1. The van der Waals surface area contributed by atoms with Crippen molar-refractivity contribution in [1.29, 1.82) is 5.41 Å². The number of aromatic nitrogens is 1. The second kappa shape index (κ2) is 7.72. The van der Waals surface area contributed by atoms with E-state index in [1.165, 1.54) is 29.7 Å². The Hall–Kier alpha value is -2.64. The first kappa shape index (κ1) is 18.2. The number of hydrogen-bond donors (Lipinski definition) is 2. The number of nitrogens with one attached hydrogen (secondary N) is 2. The third-order valence-electron chi connectivity index (χ3n) is 3.45. The average molecular weight is 391 g/mol. The van der Waals surface area contributed by atoms with Crippen molar-refractivity contribution >= 4 is 40.5 Å². The van der Waals surface area contributed by atoms with Crippen LogP contribution in [0.2, 0.25) is 5.02 Å². The molecule has 8 heteroatoms. The number of halogens is 2. The molecule has 0 unspecified atom stereocenters. The van der Waals surface area contributed by atoms with Crippen molar-refractivity contribution in [3.8, 4) is 5.75 Å². The molecule has 0 aliphatic rings. The molecule has 0 saturated heterocycles. The average Bonchev–Trinajstić information content (AvgIpc) is 2.96. The zero-order valence-electron chi connectivity index (χ0n) is 14.1. The summed E-state index contributed by atoms with van der Waals surface area (Å²) in [5, 5.41) is 11.3. The predicted octanol–water partition coefficient (Wildman–Crippen LogP) is 4.79. The van der Waals surface area contributed by atoms with E-state index in [1.54, 1.807) is 17.1 Å². The summed E-state index contributed by atoms with van der Waals surface area (Å²) >= 11 is 7.23. The fourth-order valence-electron chi connectivity index (χ4n) is 2.26. The monoisotopic (exact) mass is 390 g/mol. The topological polar surface area (TPSA) is 62.4 Å². The second-order valence-electron chi connectivity index (χ2n) is 5.42. The van der Waals surface area contributed by atoms with Gasteiger partial charge in [0.15, 0.2) is 0 Å². The van der Waals surface area contributed by atoms with E-state index in [2.05, 4.69) is 10.3 Å². The predicted molar refractivity (Wildman–Crippen MR) is 103 cm³/mol. The molecule has 0 radical (unpaired) electrons. The lowest BCUT2D eigenvalue weighted by Gasteiger charge is -2.11. The largest absolute Gasteiger partial charge is 0.497 e. The summed E-state index contributed by atoms with van der Waals surface area (Å²) in [4.78, 5) is 5.49. The van der Waals surface area contributed by atoms with E-state index in [9.17, 15) is 4.39 Å². The van der Waals surface area contributed by atoms with Gasteiger partial charge in [-0.05, 0) is 43.3 Å². The molecule has 26 heavy (non-hydrogen) atoms. The summed E-state index contributed by atoms with van der Waals surface area (Å²) < 4.78 is 20.3. The summed E-state index contributed by atoms with van der Waals surface area (Å²) in [7, 11) is 1.59. The number of hydrogen-bond acceptors (Lipinski definition) is 4. The fraction of sp³-hybridized carbons (Fsp3) is 0.111. The minimum absolute atomic E-state index is 0.00885. The van der Waals surface area contributed by atoms with Crippen LogP contribution in [0.5, 0.6) is 5.75 Å². The Morgan fingerprint density at radius 3 is 2.73 bits per heavy atom. The minimum atomic E-state index is -0.506. The zero-order chi connectivity index (χ0) is 18.7. The molecular formula is C18H16ClFN4OS. The number of aliphatic imine (C=N–C) groups is 1. The van der Waals surface area contributed by atoms with Crippen molar-refractivity contribution in [1.82, 2.24) is 3.96 Å². The molecule has 5 nitrogen and oxygen atoms in total. The molecule has 0 fully saturated rings. The van der Waals surface area contributed by atoms with Gasteiger partial charge < -0.3 is 10.1 Å². The highest BCUT2D eigenvalue weighted by molar-refractivity contribution is 7.07. The van der Waals surface area contributed by atoms with Crippen molar-refractivity contribution in [2.45, 2.75) is 6.92 Å². The van der Waals surface area contributed by atoms with Crippen LogP contribution in [-0.2, 0) is 0 Å². The standard InChI is InChI=1S/C18H16ClFN4OS/c1-11-8-17(21)24(26-11)18(22-12-4-3-5-14(9-12)25-2)23-13-6-7-16(20)15(19)10-13/h3-10,21H,1-2H3,(H,22,23). The SMILES string of the molecule is COc1cccc(NC(=Nc2ccc(F)c(Cl)c2)n2sc(C)cc2=N)c1. The Labute approximate surface area is 159 Å². The van der Waals surface area contributed by atoms with Gasteiger partial charge in [0.05, 0.1) is 17.8 Å². The maximum Gasteiger partial charge on any atom is 0.223 e. The minimum Gasteiger partial charge on any atom is -0.497 e. The van der Waals surface area contributed by atoms with Crippen LogP contribution in [0.25, 0.3) is 0 Å². The molecule has 0 aliphatic carbocycles. The lowest BCUT2D eigenvalue weighted by molar-refractivity contribution is 0.415. The Morgan fingerprint density at radius 2 is 2.08 bits per heavy atom. The van der Waals surface area contributed by atoms with Gasteiger partial charge in [0.1, 0.15) is 17.1 Å². The fourth-order valence-corrected chi connectivity index (χ4v) is 3.21. The van der Waals surface area contributed by atoms with E-state index in [1.807, 2.05) is 31.2 Å². The van der Waals surface area contributed by atoms with E-state index in [-0.39, 0.29) is 10.5 Å². The van der Waals surface area contributed by atoms with Crippen LogP contribution < -0.4 is 15.5 Å². The van der Waals surface area contributed by atoms with Gasteiger partial charge in [-0.1, -0.05) is 29.2 Å². The first-order valence-electron chi connectivity index (χ1n) is 7.66. The Kier molecular flexibility index (Phi) is 5.39. The molecule has 3 rings (SSSR count). The molecule has 0 spiro atoms. The molecule has 0 aliphatic heterocycles. The summed E-state index contributed by atoms with van der Waals surface area (Å²) in [6, 6.07) is 13.3. The lowest BCUT2D eigenvalue weighted by atomic mass is 10.3. The summed E-state index contributed by atoms with van der Waals surface area (Å²) in [5.41, 5.74) is 1.50. The Morgan fingerprint density at radius 1 is 1.27 bits per heavy atom. The van der Waals surface area contributed by atoms with Gasteiger partial charge >= 0.3 is 0 Å². The molecule has 1 heterocycles. The Balaban J connectivity index is 2.06. The molecular weight excluding hydrogens is 375 g/mol. The van der Waals surface area contributed by atoms with Gasteiger partial charge in [-0.2, -0.15) is 0 Å². The number of anilines is 1. The molecule has 0 amide bonds. The highest BCUT2D eigenvalue weighted by Crippen LogP contribution is 2.23. The van der Waals surface area contributed by atoms with Gasteiger partial charge in [0.25, 0.3) is 0 Å². The third kappa shape index (κ3) is 4.12. The molecule has 134 valence electrons. The molecule has 0 bridgehead atoms. The first-order valence-corrected chi connectivity index (χ1v) is 8.81. The maximum atomic E-state index is 13.4. The normalized spacial score (nSPS) is 11.5. The molecule has 2 N–H and O–H groups in total. The van der Waals surface area contributed by atoms with E-state index in [0.717, 1.165) is 10.6 Å². The summed E-state index contributed by atoms with van der Waals surface area (Å²) in [6.07, 6.45) is 0. The van der Waals surface area contributed by atoms with Crippen LogP contribution in [0.15, 0.2) is 53.5 Å². The molecule has 3 aromatic rings. The van der Waals surface area contributed by atoms with Crippen LogP contribution >= 0.6 is 23.1 Å². The van der Waals surface area contributed by atoms with Crippen molar-refractivity contribution in [2.75, 3.05) is 12.4 Å². The van der Waals surface area contributed by atoms with Gasteiger partial charge in [-0.15, -0.1) is 0 Å². The van der Waals surface area contributed by atoms with Gasteiger partial charge in [0.2, 0.25) is 5.96 Å². The van der Waals surface area contributed by atoms with Gasteiger partial charge in [-0.3, -0.25) is 5.41 Å². The number of benzene rings is 2. The van der Waals surface area contributed by atoms with Crippen LogP contribution in [0.3, 0.4) is 0 Å². The van der Waals surface area contributed by atoms with E-state index < -0.39 is 5.82 Å². The molecule has 0 atom stereocenters. The van der Waals surface area contributed by atoms with Crippen LogP contribution in [0.1, 0.15) is 4.88 Å². The van der Waals surface area contributed by atoms with Gasteiger partial charge in [0, 0.05) is 16.6 Å². The highest BCUT2D eigenvalue weighted by atomic mass is 35.5. The van der Waals surface area contributed by atoms with E-state index in [4.69, 9.17) is 21.7 Å². The molecule has 1 aromatic heterocycles. The third-order valence-corrected chi connectivity index (χ3v) is 4.70. The van der Waals surface area contributed by atoms with Crippen molar-refractivity contribution < 1.29 is 9.13 Å². The smallest absolute Gasteiger partial charge is 0.223 e. The number of ether oxygens (including phenoxy) is 1. The number of rotatable bonds is 3. The molecule has 0 saturated carbocycles. The van der Waals surface area contributed by atoms with E-state index in [0.29, 0.717) is 17.4 Å². The van der Waals surface area contributed by atoms with Crippen LogP contribution in [0.4, 0.5) is 15.8 Å². The van der Waals surface area contributed by atoms with Crippen molar-refractivity contribution in [3.05, 3.63) is 69.7 Å². The first-order chi connectivity index (χ1) is 12.5. The highest BCUT2D eigenvalue weighted by Gasteiger charge is 2.09. The summed E-state index contributed by atoms with van der Waals surface area (Å²) in [5.74, 6) is 0.593. The Bertz CT molecular complexity index is 1030. The van der Waals surface area contributed by atoms with E-state index >= 15 is 0 Å². The van der Waals surface area contributed by atoms with Crippen molar-refractivity contribution in [2.24, 2.45) is 4.99 Å². The second-order valence-corrected chi connectivity index (χ2v) is 7.02. The quantitative estimate of drug-likeness (QED) is 0.499. The lowest BCUT2D eigenvalue weighted by Crippen LogP contribution is -2.28. The number of methoxy groups -OCH3 is 1. The van der Waals surface area contributed by atoms with Crippen LogP contribution in [-0.4, -0.2) is 17.0 Å².